The van der Waals surface area contributed by atoms with E-state index in [-0.39, 0.29) is 5.75 Å². The summed E-state index contributed by atoms with van der Waals surface area (Å²) >= 11 is 5.16. The molecule has 0 radical (unpaired) electrons. The second-order valence-corrected chi connectivity index (χ2v) is 5.03. The smallest absolute Gasteiger partial charge is 0.191 e. The summed E-state index contributed by atoms with van der Waals surface area (Å²) in [6.45, 7) is 2.01. The van der Waals surface area contributed by atoms with E-state index in [2.05, 4.69) is 15.8 Å². The molecular formula is C16H17N3O2S. The van der Waals surface area contributed by atoms with Gasteiger partial charge in [0.25, 0.3) is 0 Å². The number of ether oxygens (including phenoxy) is 1. The monoisotopic (exact) mass is 315 g/mol. The van der Waals surface area contributed by atoms with Crippen molar-refractivity contribution >= 4 is 29.2 Å². The summed E-state index contributed by atoms with van der Waals surface area (Å²) in [4.78, 5) is 0. The van der Waals surface area contributed by atoms with Crippen LogP contribution in [-0.2, 0) is 0 Å². The van der Waals surface area contributed by atoms with Gasteiger partial charge in [-0.2, -0.15) is 5.10 Å². The Morgan fingerprint density at radius 3 is 2.82 bits per heavy atom. The summed E-state index contributed by atoms with van der Waals surface area (Å²) in [7, 11) is 1.50. The number of methoxy groups -OCH3 is 1. The van der Waals surface area contributed by atoms with Gasteiger partial charge in [-0.15, -0.1) is 0 Å². The normalized spacial score (nSPS) is 10.5. The highest BCUT2D eigenvalue weighted by atomic mass is 32.1. The first-order valence-corrected chi connectivity index (χ1v) is 7.03. The van der Waals surface area contributed by atoms with Gasteiger partial charge in [0.05, 0.1) is 13.3 Å². The van der Waals surface area contributed by atoms with Crippen molar-refractivity contribution in [2.45, 2.75) is 6.92 Å². The highest BCUT2D eigenvalue weighted by Gasteiger charge is 2.01. The minimum absolute atomic E-state index is 0.0873. The number of thiocarbonyl (C=S) groups is 1. The van der Waals surface area contributed by atoms with Gasteiger partial charge in [-0.3, -0.25) is 5.43 Å². The Morgan fingerprint density at radius 1 is 1.27 bits per heavy atom. The molecule has 0 saturated heterocycles. The molecule has 0 atom stereocenters. The molecular weight excluding hydrogens is 298 g/mol. The van der Waals surface area contributed by atoms with Crippen LogP contribution in [0.2, 0.25) is 0 Å². The number of hydrogen-bond acceptors (Lipinski definition) is 4. The molecule has 0 amide bonds. The van der Waals surface area contributed by atoms with Crippen molar-refractivity contribution in [3.63, 3.8) is 0 Å². The lowest BCUT2D eigenvalue weighted by Gasteiger charge is -2.07. The van der Waals surface area contributed by atoms with Crippen LogP contribution in [0, 0.1) is 6.92 Å². The molecule has 22 heavy (non-hydrogen) atoms. The third kappa shape index (κ3) is 4.46. The molecule has 0 fully saturated rings. The summed E-state index contributed by atoms with van der Waals surface area (Å²) in [6.07, 6.45) is 1.59. The van der Waals surface area contributed by atoms with Crippen molar-refractivity contribution in [3.8, 4) is 11.5 Å². The number of anilines is 1. The summed E-state index contributed by atoms with van der Waals surface area (Å²) in [6, 6.07) is 12.8. The Morgan fingerprint density at radius 2 is 2.09 bits per heavy atom. The first-order valence-electron chi connectivity index (χ1n) is 6.62. The molecule has 0 unspecified atom stereocenters. The fourth-order valence-electron chi connectivity index (χ4n) is 1.82. The summed E-state index contributed by atoms with van der Waals surface area (Å²) in [5, 5.41) is 17.0. The van der Waals surface area contributed by atoms with Crippen molar-refractivity contribution < 1.29 is 9.84 Å². The zero-order chi connectivity index (χ0) is 15.9. The van der Waals surface area contributed by atoms with Crippen LogP contribution in [0.3, 0.4) is 0 Å². The van der Waals surface area contributed by atoms with E-state index in [1.54, 1.807) is 24.4 Å². The number of phenols is 1. The van der Waals surface area contributed by atoms with Gasteiger partial charge in [-0.25, -0.2) is 0 Å². The van der Waals surface area contributed by atoms with Crippen molar-refractivity contribution in [1.29, 1.82) is 0 Å². The lowest BCUT2D eigenvalue weighted by molar-refractivity contribution is 0.373. The molecule has 0 heterocycles. The third-order valence-electron chi connectivity index (χ3n) is 2.86. The Balaban J connectivity index is 1.93. The number of aromatic hydroxyl groups is 1. The largest absolute Gasteiger partial charge is 0.504 e. The molecule has 0 saturated carbocycles. The number of nitrogens with one attached hydrogen (secondary N) is 2. The van der Waals surface area contributed by atoms with Gasteiger partial charge < -0.3 is 15.2 Å². The molecule has 0 bridgehead atoms. The van der Waals surface area contributed by atoms with Crippen LogP contribution in [0.25, 0.3) is 0 Å². The number of rotatable bonds is 4. The maximum Gasteiger partial charge on any atom is 0.191 e. The zero-order valence-corrected chi connectivity index (χ0v) is 13.1. The van der Waals surface area contributed by atoms with E-state index in [0.29, 0.717) is 10.9 Å². The standard InChI is InChI=1S/C16H17N3O2S/c1-11-4-3-5-13(8-11)18-16(22)19-17-10-12-6-7-14(20)15(9-12)21-2/h3-10,20H,1-2H3,(H2,18,19,22)/b17-10+. The van der Waals surface area contributed by atoms with E-state index in [9.17, 15) is 5.11 Å². The van der Waals surface area contributed by atoms with Gasteiger partial charge >= 0.3 is 0 Å². The number of nitrogens with zero attached hydrogens (tertiary/aromatic N) is 1. The van der Waals surface area contributed by atoms with E-state index in [1.807, 2.05) is 31.2 Å². The van der Waals surface area contributed by atoms with Crippen LogP contribution in [0.1, 0.15) is 11.1 Å². The van der Waals surface area contributed by atoms with E-state index < -0.39 is 0 Å². The Kier molecular flexibility index (Phi) is 5.32. The fraction of sp³-hybridized carbons (Fsp3) is 0.125. The van der Waals surface area contributed by atoms with E-state index in [0.717, 1.165) is 16.8 Å². The highest BCUT2D eigenvalue weighted by molar-refractivity contribution is 7.80. The lowest BCUT2D eigenvalue weighted by atomic mass is 10.2. The molecule has 2 aromatic carbocycles. The Hall–Kier alpha value is -2.60. The summed E-state index contributed by atoms with van der Waals surface area (Å²) < 4.78 is 5.03. The van der Waals surface area contributed by atoms with Crippen LogP contribution < -0.4 is 15.5 Å². The quantitative estimate of drug-likeness (QED) is 0.460. The average Bonchev–Trinajstić information content (AvgIpc) is 2.49. The number of hydrazone groups is 1. The second kappa shape index (κ2) is 7.42. The van der Waals surface area contributed by atoms with Crippen molar-refractivity contribution in [3.05, 3.63) is 53.6 Å². The van der Waals surface area contributed by atoms with Gasteiger partial charge in [0.2, 0.25) is 0 Å². The molecule has 0 aliphatic carbocycles. The van der Waals surface area contributed by atoms with Crippen LogP contribution >= 0.6 is 12.2 Å². The first kappa shape index (κ1) is 15.8. The third-order valence-corrected chi connectivity index (χ3v) is 3.05. The van der Waals surface area contributed by atoms with E-state index >= 15 is 0 Å². The number of aryl methyl sites for hydroxylation is 1. The SMILES string of the molecule is COc1cc(/C=N/NC(=S)Nc2cccc(C)c2)ccc1O. The van der Waals surface area contributed by atoms with Gasteiger partial charge in [0.1, 0.15) is 0 Å². The minimum Gasteiger partial charge on any atom is -0.504 e. The average molecular weight is 315 g/mol. The van der Waals surface area contributed by atoms with Crippen LogP contribution in [0.4, 0.5) is 5.69 Å². The molecule has 114 valence electrons. The van der Waals surface area contributed by atoms with Crippen LogP contribution in [0.5, 0.6) is 11.5 Å². The Bertz CT molecular complexity index is 702. The zero-order valence-electron chi connectivity index (χ0n) is 12.3. The van der Waals surface area contributed by atoms with E-state index in [1.165, 1.54) is 7.11 Å². The fourth-order valence-corrected chi connectivity index (χ4v) is 1.99. The summed E-state index contributed by atoms with van der Waals surface area (Å²) in [5.41, 5.74) is 5.56. The predicted molar refractivity (Wildman–Crippen MR) is 92.8 cm³/mol. The Labute approximate surface area is 134 Å². The van der Waals surface area contributed by atoms with Gasteiger partial charge in [0.15, 0.2) is 16.6 Å². The maximum atomic E-state index is 9.52. The number of phenolic OH excluding ortho intramolecular Hbond substituents is 1. The van der Waals surface area contributed by atoms with Crippen molar-refractivity contribution in [1.82, 2.24) is 5.43 Å². The van der Waals surface area contributed by atoms with Crippen LogP contribution in [-0.4, -0.2) is 23.5 Å². The number of benzene rings is 2. The molecule has 2 aromatic rings. The topological polar surface area (TPSA) is 65.9 Å². The molecule has 3 N–H and O–H groups in total. The van der Waals surface area contributed by atoms with Crippen molar-refractivity contribution in [2.75, 3.05) is 12.4 Å². The van der Waals surface area contributed by atoms with Crippen molar-refractivity contribution in [2.24, 2.45) is 5.10 Å². The van der Waals surface area contributed by atoms with Gasteiger partial charge in [0, 0.05) is 5.69 Å². The molecule has 0 aliphatic heterocycles. The maximum absolute atomic E-state index is 9.52. The first-order chi connectivity index (χ1) is 10.6. The minimum atomic E-state index is 0.0873. The molecule has 6 heteroatoms. The predicted octanol–water partition coefficient (Wildman–Crippen LogP) is 3.03. The second-order valence-electron chi connectivity index (χ2n) is 4.62. The lowest BCUT2D eigenvalue weighted by Crippen LogP contribution is -2.23. The molecule has 0 aromatic heterocycles. The molecule has 0 aliphatic rings. The number of hydrogen-bond donors (Lipinski definition) is 3. The molecule has 2 rings (SSSR count). The van der Waals surface area contributed by atoms with E-state index in [4.69, 9.17) is 17.0 Å². The highest BCUT2D eigenvalue weighted by Crippen LogP contribution is 2.25. The van der Waals surface area contributed by atoms with Crippen LogP contribution in [0.15, 0.2) is 47.6 Å². The molecule has 5 nitrogen and oxygen atoms in total. The van der Waals surface area contributed by atoms with Gasteiger partial charge in [-0.05, 0) is 60.6 Å². The summed E-state index contributed by atoms with van der Waals surface area (Å²) in [5.74, 6) is 0.480. The molecule has 0 spiro atoms. The van der Waals surface area contributed by atoms with Gasteiger partial charge in [-0.1, -0.05) is 12.1 Å².